The van der Waals surface area contributed by atoms with Gasteiger partial charge >= 0.3 is 0 Å². The van der Waals surface area contributed by atoms with Crippen LogP contribution in [0.5, 0.6) is 0 Å². The first-order chi connectivity index (χ1) is 12.6. The molecule has 2 aromatic carbocycles. The molecule has 26 heavy (non-hydrogen) atoms. The molecule has 138 valence electrons. The van der Waals surface area contributed by atoms with Crippen LogP contribution in [0.25, 0.3) is 0 Å². The van der Waals surface area contributed by atoms with E-state index in [1.807, 2.05) is 0 Å². The van der Waals surface area contributed by atoms with Crippen LogP contribution in [0.3, 0.4) is 0 Å². The third-order valence-corrected chi connectivity index (χ3v) is 7.23. The first-order valence-electron chi connectivity index (χ1n) is 9.51. The van der Waals surface area contributed by atoms with Gasteiger partial charge in [0.05, 0.1) is 0 Å². The molecule has 0 bridgehead atoms. The first kappa shape index (κ1) is 18.9. The Morgan fingerprint density at radius 3 is 2.58 bits per heavy atom. The van der Waals surface area contributed by atoms with Crippen molar-refractivity contribution in [1.29, 1.82) is 0 Å². The highest BCUT2D eigenvalue weighted by Gasteiger charge is 2.29. The maximum Gasteiger partial charge on any atom is 0.0413 e. The summed E-state index contributed by atoms with van der Waals surface area (Å²) in [4.78, 5) is 5.31. The van der Waals surface area contributed by atoms with Gasteiger partial charge in [-0.15, -0.1) is 18.5 Å². The zero-order chi connectivity index (χ0) is 18.1. The molecule has 0 aliphatic carbocycles. The molecule has 2 aliphatic heterocycles. The van der Waals surface area contributed by atoms with E-state index < -0.39 is 0 Å². The van der Waals surface area contributed by atoms with Crippen molar-refractivity contribution in [3.63, 3.8) is 0 Å². The van der Waals surface area contributed by atoms with Crippen LogP contribution in [0.15, 0.2) is 40.9 Å². The third kappa shape index (κ3) is 4.17. The maximum atomic E-state index is 3.64. The molecule has 1 fully saturated rings. The van der Waals surface area contributed by atoms with Crippen LogP contribution in [0, 0.1) is 0 Å². The van der Waals surface area contributed by atoms with E-state index >= 15 is 0 Å². The van der Waals surface area contributed by atoms with Crippen LogP contribution >= 0.6 is 34.4 Å². The van der Waals surface area contributed by atoms with E-state index in [2.05, 4.69) is 80.6 Å². The highest BCUT2D eigenvalue weighted by molar-refractivity contribution is 9.10. The molecule has 0 saturated carbocycles. The Kier molecular flexibility index (Phi) is 6.01. The van der Waals surface area contributed by atoms with Crippen molar-refractivity contribution in [2.75, 3.05) is 31.1 Å². The molecular formula is C21H27BrN2P2. The Morgan fingerprint density at radius 2 is 1.81 bits per heavy atom. The van der Waals surface area contributed by atoms with Crippen molar-refractivity contribution in [3.8, 4) is 0 Å². The summed E-state index contributed by atoms with van der Waals surface area (Å²) in [5, 5.41) is 2.60. The lowest BCUT2D eigenvalue weighted by molar-refractivity contribution is 0.212. The molecule has 1 saturated heterocycles. The molecule has 2 aliphatic rings. The number of anilines is 1. The summed E-state index contributed by atoms with van der Waals surface area (Å²) in [6.45, 7) is 4.80. The van der Waals surface area contributed by atoms with Crippen LogP contribution in [-0.2, 0) is 12.8 Å². The van der Waals surface area contributed by atoms with Gasteiger partial charge in [0.2, 0.25) is 0 Å². The first-order valence-corrected chi connectivity index (χ1v) is 11.5. The SMILES string of the molecule is Pc1ccc(CCN2CCC(N3CCc4ccc(Br)cc43)CC2)c(P)c1. The summed E-state index contributed by atoms with van der Waals surface area (Å²) >= 11 is 3.64. The van der Waals surface area contributed by atoms with E-state index in [0.29, 0.717) is 6.04 Å². The minimum Gasteiger partial charge on any atom is -0.368 e. The largest absolute Gasteiger partial charge is 0.368 e. The van der Waals surface area contributed by atoms with Crippen molar-refractivity contribution < 1.29 is 0 Å². The van der Waals surface area contributed by atoms with Gasteiger partial charge < -0.3 is 9.80 Å². The number of hydrogen-bond acceptors (Lipinski definition) is 2. The summed E-state index contributed by atoms with van der Waals surface area (Å²) in [5.74, 6) is 0. The van der Waals surface area contributed by atoms with Crippen molar-refractivity contribution in [1.82, 2.24) is 4.90 Å². The average Bonchev–Trinajstić information content (AvgIpc) is 3.04. The molecule has 2 aromatic rings. The zero-order valence-electron chi connectivity index (χ0n) is 15.1. The van der Waals surface area contributed by atoms with Gasteiger partial charge in [0.1, 0.15) is 0 Å². The molecule has 2 atom stereocenters. The molecule has 0 N–H and O–H groups in total. The van der Waals surface area contributed by atoms with Crippen molar-refractivity contribution in [3.05, 3.63) is 52.0 Å². The minimum atomic E-state index is 0.704. The molecule has 0 aromatic heterocycles. The predicted molar refractivity (Wildman–Crippen MR) is 123 cm³/mol. The Labute approximate surface area is 170 Å². The van der Waals surface area contributed by atoms with E-state index in [1.165, 1.54) is 77.3 Å². The Morgan fingerprint density at radius 1 is 1.00 bits per heavy atom. The third-order valence-electron chi connectivity index (χ3n) is 5.84. The molecule has 0 amide bonds. The second-order valence-electron chi connectivity index (χ2n) is 7.50. The summed E-state index contributed by atoms with van der Waals surface area (Å²) in [6.07, 6.45) is 4.91. The smallest absolute Gasteiger partial charge is 0.0413 e. The van der Waals surface area contributed by atoms with Crippen LogP contribution in [-0.4, -0.2) is 37.1 Å². The molecule has 2 nitrogen and oxygen atoms in total. The van der Waals surface area contributed by atoms with Crippen molar-refractivity contribution >= 4 is 50.7 Å². The lowest BCUT2D eigenvalue weighted by atomic mass is 10.0. The van der Waals surface area contributed by atoms with Gasteiger partial charge in [0, 0.05) is 42.4 Å². The highest BCUT2D eigenvalue weighted by Crippen LogP contribution is 2.34. The number of fused-ring (bicyclic) bond motifs is 1. The molecule has 2 heterocycles. The van der Waals surface area contributed by atoms with Gasteiger partial charge in [-0.25, -0.2) is 0 Å². The number of halogens is 1. The lowest BCUT2D eigenvalue weighted by Crippen LogP contribution is -2.45. The van der Waals surface area contributed by atoms with Gasteiger partial charge in [-0.05, 0) is 65.6 Å². The van der Waals surface area contributed by atoms with Gasteiger partial charge in [0.15, 0.2) is 0 Å². The molecule has 0 spiro atoms. The van der Waals surface area contributed by atoms with E-state index in [1.54, 1.807) is 0 Å². The summed E-state index contributed by atoms with van der Waals surface area (Å²) < 4.78 is 1.20. The van der Waals surface area contributed by atoms with E-state index in [9.17, 15) is 0 Å². The fourth-order valence-corrected chi connectivity index (χ4v) is 5.58. The molecule has 2 unspecified atom stereocenters. The molecule has 5 heteroatoms. The number of likely N-dealkylation sites (tertiary alicyclic amines) is 1. The summed E-state index contributed by atoms with van der Waals surface area (Å²) in [6, 6.07) is 14.2. The van der Waals surface area contributed by atoms with Crippen LogP contribution < -0.4 is 15.5 Å². The molecular weight excluding hydrogens is 422 g/mol. The van der Waals surface area contributed by atoms with Gasteiger partial charge in [0.25, 0.3) is 0 Å². The second kappa shape index (κ2) is 8.27. The second-order valence-corrected chi connectivity index (χ2v) is 9.70. The molecule has 4 rings (SSSR count). The number of nitrogens with zero attached hydrogens (tertiary/aromatic N) is 2. The standard InChI is InChI=1S/C21H27BrN2P2/c22-17-3-1-15-6-12-24(20(15)13-17)18-7-10-23(11-8-18)9-5-16-2-4-19(25)14-21(16)26/h1-4,13-14,18H,5-12,25-26H2. The zero-order valence-corrected chi connectivity index (χ0v) is 19.0. The maximum absolute atomic E-state index is 3.64. The number of rotatable bonds is 4. The van der Waals surface area contributed by atoms with E-state index in [0.717, 1.165) is 6.42 Å². The van der Waals surface area contributed by atoms with E-state index in [-0.39, 0.29) is 0 Å². The van der Waals surface area contributed by atoms with Crippen molar-refractivity contribution in [2.45, 2.75) is 31.7 Å². The quantitative estimate of drug-likeness (QED) is 0.660. The summed E-state index contributed by atoms with van der Waals surface area (Å²) in [7, 11) is 5.67. The molecule has 0 radical (unpaired) electrons. The van der Waals surface area contributed by atoms with Crippen LogP contribution in [0.4, 0.5) is 5.69 Å². The monoisotopic (exact) mass is 448 g/mol. The Bertz CT molecular complexity index is 788. The average molecular weight is 449 g/mol. The number of piperidine rings is 1. The Hall–Kier alpha value is -0.460. The number of benzene rings is 2. The topological polar surface area (TPSA) is 6.48 Å². The van der Waals surface area contributed by atoms with Gasteiger partial charge in [-0.2, -0.15) is 0 Å². The normalized spacial score (nSPS) is 18.3. The number of hydrogen-bond donors (Lipinski definition) is 0. The fourth-order valence-electron chi connectivity index (χ4n) is 4.33. The van der Waals surface area contributed by atoms with E-state index in [4.69, 9.17) is 0 Å². The van der Waals surface area contributed by atoms with Gasteiger partial charge in [-0.1, -0.05) is 34.1 Å². The minimum absolute atomic E-state index is 0.704. The van der Waals surface area contributed by atoms with Crippen LogP contribution in [0.2, 0.25) is 0 Å². The van der Waals surface area contributed by atoms with Crippen molar-refractivity contribution in [2.24, 2.45) is 0 Å². The summed E-state index contributed by atoms with van der Waals surface area (Å²) in [5.41, 5.74) is 4.44. The van der Waals surface area contributed by atoms with Crippen LogP contribution in [0.1, 0.15) is 24.0 Å². The Balaban J connectivity index is 1.32. The fraction of sp³-hybridized carbons (Fsp3) is 0.429. The predicted octanol–water partition coefficient (Wildman–Crippen LogP) is 3.52. The van der Waals surface area contributed by atoms with Gasteiger partial charge in [-0.3, -0.25) is 0 Å². The highest BCUT2D eigenvalue weighted by atomic mass is 79.9. The lowest BCUT2D eigenvalue weighted by Gasteiger charge is -2.38.